The van der Waals surface area contributed by atoms with Crippen molar-refractivity contribution in [2.45, 2.75) is 6.61 Å². The molecule has 0 aliphatic rings. The van der Waals surface area contributed by atoms with Crippen LogP contribution in [0.25, 0.3) is 5.69 Å². The summed E-state index contributed by atoms with van der Waals surface area (Å²) in [7, 11) is 0. The van der Waals surface area contributed by atoms with E-state index in [1.807, 2.05) is 24.3 Å². The van der Waals surface area contributed by atoms with Crippen molar-refractivity contribution in [1.82, 2.24) is 14.8 Å². The van der Waals surface area contributed by atoms with Crippen LogP contribution in [0, 0.1) is 4.77 Å². The molecule has 0 aliphatic carbocycles. The van der Waals surface area contributed by atoms with Crippen molar-refractivity contribution in [3.63, 3.8) is 0 Å². The van der Waals surface area contributed by atoms with Crippen LogP contribution in [0.2, 0.25) is 0 Å². The highest BCUT2D eigenvalue weighted by molar-refractivity contribution is 9.10. The standard InChI is InChI=1S/C9H8BrN3OS/c10-6-2-1-3-7(4-6)13-8(5-14)11-12-9(13)15/h1-4,14H,5H2,(H,12,15). The maximum Gasteiger partial charge on any atom is 0.199 e. The SMILES string of the molecule is OCc1n[nH]c(=S)n1-c1cccc(Br)c1. The maximum atomic E-state index is 9.10. The summed E-state index contributed by atoms with van der Waals surface area (Å²) in [4.78, 5) is 0. The normalized spacial score (nSPS) is 10.5. The lowest BCUT2D eigenvalue weighted by Crippen LogP contribution is -2.00. The van der Waals surface area contributed by atoms with Crippen molar-refractivity contribution in [3.05, 3.63) is 39.3 Å². The summed E-state index contributed by atoms with van der Waals surface area (Å²) in [6.45, 7) is -0.153. The Morgan fingerprint density at radius 2 is 2.33 bits per heavy atom. The number of hydrogen-bond donors (Lipinski definition) is 2. The highest BCUT2D eigenvalue weighted by Crippen LogP contribution is 2.16. The van der Waals surface area contributed by atoms with Crippen LogP contribution in [-0.4, -0.2) is 19.9 Å². The van der Waals surface area contributed by atoms with E-state index < -0.39 is 0 Å². The number of aliphatic hydroxyl groups is 1. The molecule has 0 aliphatic heterocycles. The Morgan fingerprint density at radius 3 is 3.00 bits per heavy atom. The predicted octanol–water partition coefficient (Wildman–Crippen LogP) is 2.18. The van der Waals surface area contributed by atoms with Gasteiger partial charge in [-0.05, 0) is 30.4 Å². The highest BCUT2D eigenvalue weighted by atomic mass is 79.9. The minimum Gasteiger partial charge on any atom is -0.388 e. The second-order valence-corrected chi connectivity index (χ2v) is 4.22. The smallest absolute Gasteiger partial charge is 0.199 e. The van der Waals surface area contributed by atoms with Gasteiger partial charge in [0.1, 0.15) is 6.61 Å². The molecule has 0 fully saturated rings. The van der Waals surface area contributed by atoms with Crippen molar-refractivity contribution in [3.8, 4) is 5.69 Å². The van der Waals surface area contributed by atoms with Gasteiger partial charge in [0, 0.05) is 4.47 Å². The quantitative estimate of drug-likeness (QED) is 0.832. The molecule has 0 saturated carbocycles. The lowest BCUT2D eigenvalue weighted by Gasteiger charge is -2.04. The number of hydrogen-bond acceptors (Lipinski definition) is 3. The van der Waals surface area contributed by atoms with E-state index in [-0.39, 0.29) is 6.61 Å². The number of aliphatic hydroxyl groups excluding tert-OH is 1. The van der Waals surface area contributed by atoms with Crippen LogP contribution in [0.5, 0.6) is 0 Å². The maximum absolute atomic E-state index is 9.10. The van der Waals surface area contributed by atoms with E-state index in [4.69, 9.17) is 17.3 Å². The molecule has 0 atom stereocenters. The minimum atomic E-state index is -0.153. The summed E-state index contributed by atoms with van der Waals surface area (Å²) < 4.78 is 3.12. The molecule has 78 valence electrons. The fraction of sp³-hybridized carbons (Fsp3) is 0.111. The Balaban J connectivity index is 2.62. The van der Waals surface area contributed by atoms with Gasteiger partial charge in [0.15, 0.2) is 10.6 Å². The van der Waals surface area contributed by atoms with Gasteiger partial charge >= 0.3 is 0 Å². The van der Waals surface area contributed by atoms with Crippen LogP contribution in [-0.2, 0) is 6.61 Å². The number of aromatic amines is 1. The summed E-state index contributed by atoms with van der Waals surface area (Å²) >= 11 is 8.46. The minimum absolute atomic E-state index is 0.153. The van der Waals surface area contributed by atoms with Crippen LogP contribution in [0.15, 0.2) is 28.7 Å². The van der Waals surface area contributed by atoms with Gasteiger partial charge in [-0.2, -0.15) is 5.10 Å². The van der Waals surface area contributed by atoms with E-state index in [0.717, 1.165) is 10.2 Å². The molecule has 2 N–H and O–H groups in total. The molecule has 2 rings (SSSR count). The second kappa shape index (κ2) is 4.26. The van der Waals surface area contributed by atoms with E-state index in [1.165, 1.54) is 0 Å². The van der Waals surface area contributed by atoms with Gasteiger partial charge in [-0.15, -0.1) is 0 Å². The van der Waals surface area contributed by atoms with Crippen LogP contribution in [0.4, 0.5) is 0 Å². The molecule has 6 heteroatoms. The molecule has 0 saturated heterocycles. The van der Waals surface area contributed by atoms with Crippen molar-refractivity contribution in [2.75, 3.05) is 0 Å². The number of benzene rings is 1. The molecule has 15 heavy (non-hydrogen) atoms. The first kappa shape index (κ1) is 10.5. The highest BCUT2D eigenvalue weighted by Gasteiger charge is 2.06. The van der Waals surface area contributed by atoms with Gasteiger partial charge in [-0.3, -0.25) is 9.67 Å². The Hall–Kier alpha value is -0.980. The van der Waals surface area contributed by atoms with E-state index in [2.05, 4.69) is 26.1 Å². The Bertz CT molecular complexity index is 534. The van der Waals surface area contributed by atoms with Crippen molar-refractivity contribution >= 4 is 28.1 Å². The number of halogens is 1. The topological polar surface area (TPSA) is 53.8 Å². The van der Waals surface area contributed by atoms with Crippen molar-refractivity contribution < 1.29 is 5.11 Å². The molecule has 1 aromatic carbocycles. The third kappa shape index (κ3) is 2.01. The van der Waals surface area contributed by atoms with E-state index in [1.54, 1.807) is 4.57 Å². The summed E-state index contributed by atoms with van der Waals surface area (Å²) in [5.74, 6) is 0.498. The molecule has 0 unspecified atom stereocenters. The Morgan fingerprint density at radius 1 is 1.53 bits per heavy atom. The number of nitrogens with one attached hydrogen (secondary N) is 1. The largest absolute Gasteiger partial charge is 0.388 e. The summed E-state index contributed by atoms with van der Waals surface area (Å²) in [5, 5.41) is 15.7. The molecule has 1 heterocycles. The van der Waals surface area contributed by atoms with Gasteiger partial charge < -0.3 is 5.11 Å². The molecule has 0 radical (unpaired) electrons. The lowest BCUT2D eigenvalue weighted by atomic mass is 10.3. The van der Waals surface area contributed by atoms with Gasteiger partial charge in [0.25, 0.3) is 0 Å². The summed E-state index contributed by atoms with van der Waals surface area (Å²) in [5.41, 5.74) is 0.868. The van der Waals surface area contributed by atoms with Crippen LogP contribution in [0.3, 0.4) is 0 Å². The van der Waals surface area contributed by atoms with E-state index in [9.17, 15) is 0 Å². The number of nitrogens with zero attached hydrogens (tertiary/aromatic N) is 2. The first-order valence-corrected chi connectivity index (χ1v) is 5.45. The zero-order valence-corrected chi connectivity index (χ0v) is 10.0. The van der Waals surface area contributed by atoms with Gasteiger partial charge in [0.2, 0.25) is 0 Å². The van der Waals surface area contributed by atoms with E-state index >= 15 is 0 Å². The van der Waals surface area contributed by atoms with Gasteiger partial charge in [-0.25, -0.2) is 0 Å². The molecule has 0 amide bonds. The van der Waals surface area contributed by atoms with Gasteiger partial charge in [0.05, 0.1) is 5.69 Å². The zero-order chi connectivity index (χ0) is 10.8. The molecule has 0 bridgehead atoms. The van der Waals surface area contributed by atoms with Crippen molar-refractivity contribution in [2.24, 2.45) is 0 Å². The van der Waals surface area contributed by atoms with E-state index in [0.29, 0.717) is 10.6 Å². The third-order valence-corrected chi connectivity index (χ3v) is 2.72. The molecule has 1 aromatic heterocycles. The Labute approximate surface area is 99.7 Å². The molecule has 0 spiro atoms. The first-order chi connectivity index (χ1) is 7.22. The summed E-state index contributed by atoms with van der Waals surface area (Å²) in [6.07, 6.45) is 0. The first-order valence-electron chi connectivity index (χ1n) is 4.25. The fourth-order valence-electron chi connectivity index (χ4n) is 1.32. The average molecular weight is 286 g/mol. The molecular formula is C9H8BrN3OS. The zero-order valence-electron chi connectivity index (χ0n) is 7.64. The molecule has 2 aromatic rings. The molecular weight excluding hydrogens is 278 g/mol. The number of H-pyrrole nitrogens is 1. The Kier molecular flexibility index (Phi) is 2.99. The number of aromatic nitrogens is 3. The monoisotopic (exact) mass is 285 g/mol. The lowest BCUT2D eigenvalue weighted by molar-refractivity contribution is 0.269. The van der Waals surface area contributed by atoms with Crippen LogP contribution in [0.1, 0.15) is 5.82 Å². The average Bonchev–Trinajstić information content (AvgIpc) is 2.59. The summed E-state index contributed by atoms with van der Waals surface area (Å²) in [6, 6.07) is 7.63. The molecule has 4 nitrogen and oxygen atoms in total. The van der Waals surface area contributed by atoms with Crippen molar-refractivity contribution in [1.29, 1.82) is 0 Å². The second-order valence-electron chi connectivity index (χ2n) is 2.92. The van der Waals surface area contributed by atoms with Gasteiger partial charge in [-0.1, -0.05) is 22.0 Å². The van der Waals surface area contributed by atoms with Crippen LogP contribution < -0.4 is 0 Å². The van der Waals surface area contributed by atoms with Crippen LogP contribution >= 0.6 is 28.1 Å². The predicted molar refractivity (Wildman–Crippen MR) is 62.4 cm³/mol. The third-order valence-electron chi connectivity index (χ3n) is 1.95. The number of rotatable bonds is 2. The fourth-order valence-corrected chi connectivity index (χ4v) is 1.96.